The summed E-state index contributed by atoms with van der Waals surface area (Å²) in [5, 5.41) is 27.4. The molecule has 4 N–H and O–H groups in total. The molecule has 0 spiro atoms. The number of rotatable bonds is 5. The third-order valence-electron chi connectivity index (χ3n) is 3.04. The molecule has 2 rings (SSSR count). The second-order valence-electron chi connectivity index (χ2n) is 4.33. The van der Waals surface area contributed by atoms with E-state index in [0.717, 1.165) is 0 Å². The summed E-state index contributed by atoms with van der Waals surface area (Å²) in [5.41, 5.74) is -0.0745. The van der Waals surface area contributed by atoms with Gasteiger partial charge in [0.2, 0.25) is 0 Å². The minimum absolute atomic E-state index is 0.114. The smallest absolute Gasteiger partial charge is 0.352 e. The van der Waals surface area contributed by atoms with Gasteiger partial charge in [-0.3, -0.25) is 4.79 Å². The highest BCUT2D eigenvalue weighted by atomic mass is 35.5. The molecule has 8 heteroatoms. The summed E-state index contributed by atoms with van der Waals surface area (Å²) in [5.74, 6) is -3.66. The van der Waals surface area contributed by atoms with Crippen LogP contribution in [0, 0.1) is 0 Å². The molecule has 21 heavy (non-hydrogen) atoms. The predicted octanol–water partition coefficient (Wildman–Crippen LogP) is 2.23. The summed E-state index contributed by atoms with van der Waals surface area (Å²) in [6.45, 7) is 0. The molecule has 1 aromatic heterocycles. The van der Waals surface area contributed by atoms with E-state index in [1.807, 2.05) is 0 Å². The highest BCUT2D eigenvalue weighted by Gasteiger charge is 2.23. The normalized spacial score (nSPS) is 10.7. The van der Waals surface area contributed by atoms with Crippen molar-refractivity contribution >= 4 is 40.4 Å². The summed E-state index contributed by atoms with van der Waals surface area (Å²) in [6, 6.07) is 2.60. The number of carboxylic acids is 3. The molecule has 1 heterocycles. The van der Waals surface area contributed by atoms with Gasteiger partial charge in [-0.2, -0.15) is 0 Å². The van der Waals surface area contributed by atoms with Gasteiger partial charge in [0.15, 0.2) is 0 Å². The number of aromatic nitrogens is 1. The van der Waals surface area contributed by atoms with Crippen LogP contribution in [0.1, 0.15) is 32.8 Å². The van der Waals surface area contributed by atoms with E-state index in [2.05, 4.69) is 4.98 Å². The molecule has 0 aliphatic rings. The summed E-state index contributed by atoms with van der Waals surface area (Å²) in [6.07, 6.45) is -0.434. The Hall–Kier alpha value is -2.54. The number of aromatic carboxylic acids is 2. The molecule has 0 unspecified atom stereocenters. The summed E-state index contributed by atoms with van der Waals surface area (Å²) < 4.78 is 0. The average Bonchev–Trinajstić information content (AvgIpc) is 2.76. The molecule has 0 aliphatic heterocycles. The van der Waals surface area contributed by atoms with Gasteiger partial charge in [0.1, 0.15) is 5.69 Å². The second kappa shape index (κ2) is 5.45. The number of aryl methyl sites for hydroxylation is 1. The van der Waals surface area contributed by atoms with E-state index in [0.29, 0.717) is 0 Å². The second-order valence-corrected chi connectivity index (χ2v) is 4.73. The molecule has 1 aromatic carbocycles. The van der Waals surface area contributed by atoms with Crippen LogP contribution in [-0.2, 0) is 11.2 Å². The zero-order valence-corrected chi connectivity index (χ0v) is 11.3. The lowest BCUT2D eigenvalue weighted by atomic mass is 10.0. The highest BCUT2D eigenvalue weighted by Crippen LogP contribution is 2.32. The van der Waals surface area contributed by atoms with Crippen molar-refractivity contribution in [2.24, 2.45) is 0 Å². The molecule has 0 radical (unpaired) electrons. The molecule has 0 atom stereocenters. The fraction of sp³-hybridized carbons (Fsp3) is 0.154. The van der Waals surface area contributed by atoms with Gasteiger partial charge in [0, 0.05) is 11.8 Å². The topological polar surface area (TPSA) is 128 Å². The molecule has 0 amide bonds. The van der Waals surface area contributed by atoms with E-state index in [4.69, 9.17) is 16.7 Å². The zero-order valence-electron chi connectivity index (χ0n) is 10.5. The molecule has 0 aliphatic carbocycles. The van der Waals surface area contributed by atoms with Crippen molar-refractivity contribution in [1.82, 2.24) is 4.98 Å². The van der Waals surface area contributed by atoms with E-state index in [1.165, 1.54) is 12.1 Å². The molecule has 7 nitrogen and oxygen atoms in total. The van der Waals surface area contributed by atoms with E-state index in [9.17, 15) is 24.6 Å². The van der Waals surface area contributed by atoms with Crippen molar-refractivity contribution < 1.29 is 29.7 Å². The number of H-pyrrole nitrogens is 1. The fourth-order valence-electron chi connectivity index (χ4n) is 2.18. The molecule has 2 aromatic rings. The van der Waals surface area contributed by atoms with Gasteiger partial charge in [0.25, 0.3) is 0 Å². The number of nitrogens with one attached hydrogen (secondary N) is 1. The monoisotopic (exact) mass is 311 g/mol. The Labute approximate surface area is 122 Å². The Balaban J connectivity index is 2.79. The van der Waals surface area contributed by atoms with Crippen molar-refractivity contribution in [2.45, 2.75) is 12.8 Å². The number of hydrogen-bond acceptors (Lipinski definition) is 3. The SMILES string of the molecule is O=C(O)CCc1c(C(=O)O)[nH]c2c(Cl)ccc(C(=O)O)c12. The lowest BCUT2D eigenvalue weighted by Crippen LogP contribution is -2.05. The summed E-state index contributed by atoms with van der Waals surface area (Å²) in [4.78, 5) is 35.8. The molecular formula is C13H10ClNO6. The average molecular weight is 312 g/mol. The molecule has 0 saturated heterocycles. The van der Waals surface area contributed by atoms with Crippen LogP contribution in [0.3, 0.4) is 0 Å². The number of aliphatic carboxylic acids is 1. The first-order valence-electron chi connectivity index (χ1n) is 5.84. The van der Waals surface area contributed by atoms with Crippen molar-refractivity contribution in [2.75, 3.05) is 0 Å². The molecule has 0 bridgehead atoms. The Bertz CT molecular complexity index is 764. The predicted molar refractivity (Wildman–Crippen MR) is 73.2 cm³/mol. The largest absolute Gasteiger partial charge is 0.481 e. The lowest BCUT2D eigenvalue weighted by Gasteiger charge is -2.03. The molecule has 0 saturated carbocycles. The first kappa shape index (κ1) is 14.9. The maximum absolute atomic E-state index is 11.3. The van der Waals surface area contributed by atoms with Crippen molar-refractivity contribution in [1.29, 1.82) is 0 Å². The summed E-state index contributed by atoms with van der Waals surface area (Å²) >= 11 is 5.95. The number of benzene rings is 1. The Kier molecular flexibility index (Phi) is 3.86. The van der Waals surface area contributed by atoms with Gasteiger partial charge in [-0.25, -0.2) is 9.59 Å². The van der Waals surface area contributed by atoms with Gasteiger partial charge < -0.3 is 20.3 Å². The van der Waals surface area contributed by atoms with Gasteiger partial charge in [0.05, 0.1) is 16.1 Å². The van der Waals surface area contributed by atoms with Crippen LogP contribution in [0.25, 0.3) is 10.9 Å². The number of aromatic amines is 1. The van der Waals surface area contributed by atoms with Gasteiger partial charge >= 0.3 is 17.9 Å². The number of carboxylic acid groups (broad SMARTS) is 3. The number of hydrogen-bond donors (Lipinski definition) is 4. The van der Waals surface area contributed by atoms with E-state index >= 15 is 0 Å². The van der Waals surface area contributed by atoms with Crippen LogP contribution < -0.4 is 0 Å². The number of carbonyl (C=O) groups is 3. The third kappa shape index (κ3) is 2.68. The molecule has 110 valence electrons. The molecular weight excluding hydrogens is 302 g/mol. The van der Waals surface area contributed by atoms with E-state index in [1.54, 1.807) is 0 Å². The first-order valence-corrected chi connectivity index (χ1v) is 6.22. The van der Waals surface area contributed by atoms with Crippen LogP contribution in [0.15, 0.2) is 12.1 Å². The molecule has 0 fully saturated rings. The van der Waals surface area contributed by atoms with Crippen LogP contribution in [0.2, 0.25) is 5.02 Å². The van der Waals surface area contributed by atoms with Gasteiger partial charge in [-0.05, 0) is 24.1 Å². The Morgan fingerprint density at radius 3 is 2.29 bits per heavy atom. The van der Waals surface area contributed by atoms with Crippen LogP contribution in [0.5, 0.6) is 0 Å². The minimum Gasteiger partial charge on any atom is -0.481 e. The Morgan fingerprint density at radius 2 is 1.76 bits per heavy atom. The van der Waals surface area contributed by atoms with Crippen molar-refractivity contribution in [3.05, 3.63) is 34.0 Å². The van der Waals surface area contributed by atoms with Crippen LogP contribution >= 0.6 is 11.6 Å². The maximum atomic E-state index is 11.3. The van der Waals surface area contributed by atoms with Crippen molar-refractivity contribution in [3.8, 4) is 0 Å². The van der Waals surface area contributed by atoms with Crippen molar-refractivity contribution in [3.63, 3.8) is 0 Å². The number of fused-ring (bicyclic) bond motifs is 1. The summed E-state index contributed by atoms with van der Waals surface area (Å²) in [7, 11) is 0. The van der Waals surface area contributed by atoms with E-state index < -0.39 is 17.9 Å². The number of halogens is 1. The van der Waals surface area contributed by atoms with Crippen LogP contribution in [-0.4, -0.2) is 38.2 Å². The van der Waals surface area contributed by atoms with Gasteiger partial charge in [-0.15, -0.1) is 0 Å². The Morgan fingerprint density at radius 1 is 1.10 bits per heavy atom. The lowest BCUT2D eigenvalue weighted by molar-refractivity contribution is -0.136. The maximum Gasteiger partial charge on any atom is 0.352 e. The van der Waals surface area contributed by atoms with Gasteiger partial charge in [-0.1, -0.05) is 11.6 Å². The quantitative estimate of drug-likeness (QED) is 0.670. The zero-order chi connectivity index (χ0) is 15.7. The standard InChI is InChI=1S/C13H10ClNO6/c14-7-3-1-6(12(18)19)9-5(2-4-8(16)17)10(13(20)21)15-11(7)9/h1,3,15H,2,4H2,(H,16,17)(H,18,19)(H,20,21). The highest BCUT2D eigenvalue weighted by molar-refractivity contribution is 6.36. The van der Waals surface area contributed by atoms with Crippen LogP contribution in [0.4, 0.5) is 0 Å². The third-order valence-corrected chi connectivity index (χ3v) is 3.36. The minimum atomic E-state index is -1.31. The van der Waals surface area contributed by atoms with E-state index in [-0.39, 0.29) is 45.6 Å². The fourth-order valence-corrected chi connectivity index (χ4v) is 2.39. The first-order chi connectivity index (χ1) is 9.82.